The third-order valence-corrected chi connectivity index (χ3v) is 5.43. The lowest BCUT2D eigenvalue weighted by Gasteiger charge is -2.31. The monoisotopic (exact) mass is 400 g/mol. The summed E-state index contributed by atoms with van der Waals surface area (Å²) in [6.07, 6.45) is 3.56. The van der Waals surface area contributed by atoms with E-state index in [0.29, 0.717) is 11.3 Å². The molecule has 2 saturated heterocycles. The number of nitrogens with zero attached hydrogens (tertiary/aromatic N) is 5. The number of piperidine rings is 1. The molecule has 0 saturated carbocycles. The first-order chi connectivity index (χ1) is 14.1. The Morgan fingerprint density at radius 2 is 2.07 bits per heavy atom. The highest BCUT2D eigenvalue weighted by Gasteiger charge is 2.48. The van der Waals surface area contributed by atoms with Crippen LogP contribution in [-0.2, 0) is 0 Å². The van der Waals surface area contributed by atoms with Crippen molar-refractivity contribution in [2.24, 2.45) is 0 Å². The fraction of sp³-hybridized carbons (Fsp3) is 0.368. The van der Waals surface area contributed by atoms with E-state index < -0.39 is 30.5 Å². The molecule has 1 aromatic carbocycles. The van der Waals surface area contributed by atoms with Gasteiger partial charge in [-0.05, 0) is 18.6 Å². The van der Waals surface area contributed by atoms with Crippen LogP contribution in [0.3, 0.4) is 0 Å². The van der Waals surface area contributed by atoms with Gasteiger partial charge >= 0.3 is 6.01 Å². The molecule has 150 valence electrons. The van der Waals surface area contributed by atoms with Crippen LogP contribution < -0.4 is 10.1 Å². The molecule has 2 aliphatic heterocycles. The summed E-state index contributed by atoms with van der Waals surface area (Å²) < 4.78 is 35.6. The predicted octanol–water partition coefficient (Wildman–Crippen LogP) is 1.99. The summed E-state index contributed by atoms with van der Waals surface area (Å²) in [6, 6.07) is 4.04. The number of fused-ring (bicyclic) bond motifs is 2. The predicted molar refractivity (Wildman–Crippen MR) is 98.2 cm³/mol. The average molecular weight is 400 g/mol. The number of aromatic hydroxyl groups is 1. The molecule has 5 atom stereocenters. The van der Waals surface area contributed by atoms with Crippen molar-refractivity contribution in [1.29, 1.82) is 0 Å². The lowest BCUT2D eigenvalue weighted by Crippen LogP contribution is -2.52. The fourth-order valence-electron chi connectivity index (χ4n) is 3.93. The van der Waals surface area contributed by atoms with E-state index >= 15 is 0 Å². The Balaban J connectivity index is 1.32. The number of imidazole rings is 1. The molecule has 10 heteroatoms. The molecular formula is C19H18F2N6O2. The fourth-order valence-corrected chi connectivity index (χ4v) is 3.93. The van der Waals surface area contributed by atoms with E-state index in [0.717, 1.165) is 5.69 Å². The summed E-state index contributed by atoms with van der Waals surface area (Å²) in [6.45, 7) is 0. The van der Waals surface area contributed by atoms with Crippen LogP contribution in [0.25, 0.3) is 16.9 Å². The summed E-state index contributed by atoms with van der Waals surface area (Å²) in [5.74, 6) is 0.00806. The molecule has 0 amide bonds. The second-order valence-corrected chi connectivity index (χ2v) is 7.27. The molecule has 5 rings (SSSR count). The second kappa shape index (κ2) is 7.03. The molecule has 0 radical (unpaired) electrons. The van der Waals surface area contributed by atoms with E-state index in [1.54, 1.807) is 41.5 Å². The number of nitrogens with one attached hydrogen (secondary N) is 1. The topological polar surface area (TPSA) is 98.0 Å². The van der Waals surface area contributed by atoms with Crippen molar-refractivity contribution in [3.63, 3.8) is 0 Å². The number of phenols is 1. The van der Waals surface area contributed by atoms with E-state index in [1.165, 1.54) is 6.20 Å². The summed E-state index contributed by atoms with van der Waals surface area (Å²) in [4.78, 5) is 8.06. The van der Waals surface area contributed by atoms with Crippen LogP contribution in [0.4, 0.5) is 8.78 Å². The Kier molecular flexibility index (Phi) is 4.35. The van der Waals surface area contributed by atoms with Gasteiger partial charge in [-0.25, -0.2) is 18.7 Å². The highest BCUT2D eigenvalue weighted by molar-refractivity contribution is 5.67. The van der Waals surface area contributed by atoms with Gasteiger partial charge < -0.3 is 19.7 Å². The quantitative estimate of drug-likeness (QED) is 0.691. The molecule has 0 aliphatic carbocycles. The van der Waals surface area contributed by atoms with E-state index in [-0.39, 0.29) is 24.6 Å². The molecule has 8 nitrogen and oxygen atoms in total. The van der Waals surface area contributed by atoms with Gasteiger partial charge in [0.1, 0.15) is 23.7 Å². The Morgan fingerprint density at radius 1 is 1.17 bits per heavy atom. The Hall–Kier alpha value is -3.14. The van der Waals surface area contributed by atoms with Crippen LogP contribution >= 0.6 is 0 Å². The van der Waals surface area contributed by atoms with E-state index in [9.17, 15) is 13.9 Å². The maximum absolute atomic E-state index is 14.5. The standard InChI is InChI=1S/C19H18F2N6O2/c20-12-6-14-18(21)17(7-13(12)24-14)29-19-23-8-15(25-26-19)11-2-1-10(5-16(11)28)27-4-3-22-9-27/h1-5,8-9,12-14,17-18,24,28H,6-7H2/t12-,13?,14-,17+,18+/m0/s1. The van der Waals surface area contributed by atoms with Gasteiger partial charge in [-0.15, -0.1) is 5.10 Å². The number of phenolic OH excluding ortho intramolecular Hbond substituents is 1. The number of halogens is 2. The van der Waals surface area contributed by atoms with Gasteiger partial charge in [0, 0.05) is 42.5 Å². The van der Waals surface area contributed by atoms with Crippen LogP contribution in [0.5, 0.6) is 11.8 Å². The molecule has 2 aromatic heterocycles. The molecule has 2 aliphatic rings. The minimum absolute atomic E-state index is 0.00806. The summed E-state index contributed by atoms with van der Waals surface area (Å²) >= 11 is 0. The van der Waals surface area contributed by atoms with Crippen molar-refractivity contribution in [2.75, 3.05) is 0 Å². The number of benzene rings is 1. The van der Waals surface area contributed by atoms with Gasteiger partial charge in [-0.2, -0.15) is 0 Å². The number of hydrogen-bond donors (Lipinski definition) is 2. The lowest BCUT2D eigenvalue weighted by molar-refractivity contribution is 0.0366. The van der Waals surface area contributed by atoms with Gasteiger partial charge in [-0.1, -0.05) is 5.10 Å². The summed E-state index contributed by atoms with van der Waals surface area (Å²) in [5.41, 5.74) is 1.53. The number of hydrogen-bond acceptors (Lipinski definition) is 7. The van der Waals surface area contributed by atoms with Crippen molar-refractivity contribution in [3.05, 3.63) is 43.1 Å². The van der Waals surface area contributed by atoms with Crippen molar-refractivity contribution >= 4 is 0 Å². The molecular weight excluding hydrogens is 382 g/mol. The zero-order chi connectivity index (χ0) is 20.0. The molecule has 2 bridgehead atoms. The molecule has 4 heterocycles. The molecule has 3 aromatic rings. The minimum atomic E-state index is -1.34. The zero-order valence-corrected chi connectivity index (χ0v) is 15.2. The summed E-state index contributed by atoms with van der Waals surface area (Å²) in [5, 5.41) is 21.2. The third-order valence-electron chi connectivity index (χ3n) is 5.43. The van der Waals surface area contributed by atoms with Crippen LogP contribution in [0.1, 0.15) is 12.8 Å². The van der Waals surface area contributed by atoms with Gasteiger partial charge in [-0.3, -0.25) is 0 Å². The lowest BCUT2D eigenvalue weighted by atomic mass is 10.0. The van der Waals surface area contributed by atoms with Crippen LogP contribution in [0.15, 0.2) is 43.1 Å². The Bertz CT molecular complexity index is 998. The van der Waals surface area contributed by atoms with Crippen molar-refractivity contribution in [2.45, 2.75) is 43.4 Å². The van der Waals surface area contributed by atoms with Crippen molar-refractivity contribution in [3.8, 4) is 28.7 Å². The highest BCUT2D eigenvalue weighted by atomic mass is 19.1. The normalized spacial score (nSPS) is 28.4. The van der Waals surface area contributed by atoms with Gasteiger partial charge in [0.15, 0.2) is 6.17 Å². The van der Waals surface area contributed by atoms with E-state index in [2.05, 4.69) is 25.5 Å². The first-order valence-electron chi connectivity index (χ1n) is 9.31. The second-order valence-electron chi connectivity index (χ2n) is 7.27. The largest absolute Gasteiger partial charge is 0.507 e. The minimum Gasteiger partial charge on any atom is -0.507 e. The molecule has 1 unspecified atom stereocenters. The van der Waals surface area contributed by atoms with Gasteiger partial charge in [0.2, 0.25) is 0 Å². The van der Waals surface area contributed by atoms with Crippen LogP contribution in [0, 0.1) is 0 Å². The number of alkyl halides is 2. The zero-order valence-electron chi connectivity index (χ0n) is 15.2. The smallest absolute Gasteiger partial charge is 0.336 e. The number of aromatic nitrogens is 5. The van der Waals surface area contributed by atoms with Crippen LogP contribution in [-0.4, -0.2) is 60.4 Å². The van der Waals surface area contributed by atoms with Crippen molar-refractivity contribution in [1.82, 2.24) is 30.0 Å². The number of ether oxygens (including phenoxy) is 1. The molecule has 2 N–H and O–H groups in total. The molecule has 29 heavy (non-hydrogen) atoms. The van der Waals surface area contributed by atoms with E-state index in [4.69, 9.17) is 4.74 Å². The maximum Gasteiger partial charge on any atom is 0.336 e. The summed E-state index contributed by atoms with van der Waals surface area (Å²) in [7, 11) is 0. The first-order valence-corrected chi connectivity index (χ1v) is 9.31. The highest BCUT2D eigenvalue weighted by Crippen LogP contribution is 2.33. The van der Waals surface area contributed by atoms with E-state index in [1.807, 2.05) is 0 Å². The maximum atomic E-state index is 14.5. The van der Waals surface area contributed by atoms with Gasteiger partial charge in [0.05, 0.1) is 18.2 Å². The molecule has 0 spiro atoms. The SMILES string of the molecule is Oc1cc(-n2ccnc2)ccc1-c1cnc(O[C@@H]2CC3N[C@@H](C[C@@H]3F)[C@H]2F)nn1. The van der Waals surface area contributed by atoms with Gasteiger partial charge in [0.25, 0.3) is 0 Å². The average Bonchev–Trinajstić information content (AvgIpc) is 3.36. The Morgan fingerprint density at radius 3 is 2.79 bits per heavy atom. The molecule has 2 fully saturated rings. The first kappa shape index (κ1) is 17.9. The van der Waals surface area contributed by atoms with Crippen molar-refractivity contribution < 1.29 is 18.6 Å². The Labute approximate surface area is 164 Å². The number of rotatable bonds is 4. The van der Waals surface area contributed by atoms with Crippen LogP contribution in [0.2, 0.25) is 0 Å². The third kappa shape index (κ3) is 3.29.